The van der Waals surface area contributed by atoms with Gasteiger partial charge in [0.15, 0.2) is 6.61 Å². The second-order valence-electron chi connectivity index (χ2n) is 4.41. The molecule has 0 saturated carbocycles. The highest BCUT2D eigenvalue weighted by Gasteiger charge is 2.19. The molecule has 1 rings (SSSR count). The van der Waals surface area contributed by atoms with Gasteiger partial charge < -0.3 is 15.2 Å². The number of nitro groups is 1. The Kier molecular flexibility index (Phi) is 6.24. The van der Waals surface area contributed by atoms with E-state index < -0.39 is 41.0 Å². The largest absolute Gasteiger partial charge is 0.484 e. The lowest BCUT2D eigenvalue weighted by molar-refractivity contribution is -0.387. The number of nitrogens with one attached hydrogen (secondary N) is 1. The Hall–Kier alpha value is -2.71. The standard InChI is InChI=1S/C13H15FN2O6/c1-2-3-10(13(18)19)15-12(17)7-22-8-4-5-11(16(20)21)9(14)6-8/h4-6,10H,2-3,7H2,1H3,(H,15,17)(H,18,19). The first-order valence-electron chi connectivity index (χ1n) is 6.44. The number of aliphatic carboxylic acids is 1. The molecule has 1 atom stereocenters. The summed E-state index contributed by atoms with van der Waals surface area (Å²) in [7, 11) is 0. The molecule has 1 amide bonds. The average Bonchev–Trinajstić information content (AvgIpc) is 2.44. The fourth-order valence-electron chi connectivity index (χ4n) is 1.66. The second-order valence-corrected chi connectivity index (χ2v) is 4.41. The van der Waals surface area contributed by atoms with Gasteiger partial charge in [-0.05, 0) is 12.5 Å². The normalized spacial score (nSPS) is 11.5. The number of nitrogens with zero attached hydrogens (tertiary/aromatic N) is 1. The van der Waals surface area contributed by atoms with Gasteiger partial charge in [-0.15, -0.1) is 0 Å². The Morgan fingerprint density at radius 3 is 2.68 bits per heavy atom. The highest BCUT2D eigenvalue weighted by molar-refractivity contribution is 5.84. The van der Waals surface area contributed by atoms with Gasteiger partial charge in [0.25, 0.3) is 5.91 Å². The summed E-state index contributed by atoms with van der Waals surface area (Å²) in [6.45, 7) is 1.25. The Balaban J connectivity index is 2.58. The molecule has 120 valence electrons. The maximum absolute atomic E-state index is 13.3. The van der Waals surface area contributed by atoms with Crippen LogP contribution in [0.4, 0.5) is 10.1 Å². The molecule has 9 heteroatoms. The van der Waals surface area contributed by atoms with E-state index in [9.17, 15) is 24.1 Å². The Morgan fingerprint density at radius 2 is 2.18 bits per heavy atom. The number of carboxylic acids is 1. The van der Waals surface area contributed by atoms with Gasteiger partial charge in [-0.1, -0.05) is 13.3 Å². The van der Waals surface area contributed by atoms with Crippen LogP contribution in [0, 0.1) is 15.9 Å². The number of halogens is 1. The zero-order valence-corrected chi connectivity index (χ0v) is 11.7. The first kappa shape index (κ1) is 17.3. The second kappa shape index (κ2) is 7.91. The van der Waals surface area contributed by atoms with Crippen LogP contribution in [-0.2, 0) is 9.59 Å². The number of rotatable bonds is 8. The lowest BCUT2D eigenvalue weighted by atomic mass is 10.2. The first-order valence-corrected chi connectivity index (χ1v) is 6.44. The molecule has 2 N–H and O–H groups in total. The lowest BCUT2D eigenvalue weighted by Gasteiger charge is -2.13. The van der Waals surface area contributed by atoms with Gasteiger partial charge in [0.2, 0.25) is 5.82 Å². The highest BCUT2D eigenvalue weighted by atomic mass is 19.1. The molecule has 0 spiro atoms. The van der Waals surface area contributed by atoms with Crippen LogP contribution in [-0.4, -0.2) is 34.6 Å². The molecule has 0 aliphatic rings. The molecule has 1 aromatic carbocycles. The van der Waals surface area contributed by atoms with E-state index in [1.54, 1.807) is 6.92 Å². The Morgan fingerprint density at radius 1 is 1.50 bits per heavy atom. The quantitative estimate of drug-likeness (QED) is 0.554. The fourth-order valence-corrected chi connectivity index (χ4v) is 1.66. The van der Waals surface area contributed by atoms with Gasteiger partial charge in [0.1, 0.15) is 11.8 Å². The molecule has 8 nitrogen and oxygen atoms in total. The topological polar surface area (TPSA) is 119 Å². The summed E-state index contributed by atoms with van der Waals surface area (Å²) in [5.74, 6) is -2.99. The number of ether oxygens (including phenoxy) is 1. The van der Waals surface area contributed by atoms with Crippen molar-refractivity contribution in [3.8, 4) is 5.75 Å². The number of carbonyl (C=O) groups excluding carboxylic acids is 1. The van der Waals surface area contributed by atoms with Crippen molar-refractivity contribution >= 4 is 17.6 Å². The molecule has 0 aromatic heterocycles. The predicted molar refractivity (Wildman–Crippen MR) is 73.0 cm³/mol. The van der Waals surface area contributed by atoms with Crippen molar-refractivity contribution in [3.63, 3.8) is 0 Å². The first-order chi connectivity index (χ1) is 10.3. The van der Waals surface area contributed by atoms with Crippen LogP contribution in [0.2, 0.25) is 0 Å². The Labute approximate surface area is 125 Å². The number of carboxylic acid groups (broad SMARTS) is 1. The maximum Gasteiger partial charge on any atom is 0.326 e. The minimum Gasteiger partial charge on any atom is -0.484 e. The number of amides is 1. The molecule has 0 saturated heterocycles. The molecule has 0 radical (unpaired) electrons. The monoisotopic (exact) mass is 314 g/mol. The van der Waals surface area contributed by atoms with E-state index in [-0.39, 0.29) is 12.2 Å². The van der Waals surface area contributed by atoms with E-state index in [1.807, 2.05) is 0 Å². The van der Waals surface area contributed by atoms with Crippen LogP contribution >= 0.6 is 0 Å². The zero-order valence-electron chi connectivity index (χ0n) is 11.7. The molecule has 1 aromatic rings. The minimum atomic E-state index is -1.16. The van der Waals surface area contributed by atoms with Gasteiger partial charge >= 0.3 is 11.7 Å². The third-order valence-electron chi connectivity index (χ3n) is 2.70. The van der Waals surface area contributed by atoms with E-state index >= 15 is 0 Å². The summed E-state index contributed by atoms with van der Waals surface area (Å²) >= 11 is 0. The highest BCUT2D eigenvalue weighted by Crippen LogP contribution is 2.22. The van der Waals surface area contributed by atoms with Crippen LogP contribution < -0.4 is 10.1 Å². The smallest absolute Gasteiger partial charge is 0.326 e. The van der Waals surface area contributed by atoms with Crippen molar-refractivity contribution in [2.75, 3.05) is 6.61 Å². The zero-order chi connectivity index (χ0) is 16.7. The lowest BCUT2D eigenvalue weighted by Crippen LogP contribution is -2.42. The van der Waals surface area contributed by atoms with Crippen molar-refractivity contribution in [2.24, 2.45) is 0 Å². The van der Waals surface area contributed by atoms with E-state index in [4.69, 9.17) is 9.84 Å². The molecule has 0 aliphatic carbocycles. The van der Waals surface area contributed by atoms with Gasteiger partial charge in [-0.25, -0.2) is 4.79 Å². The fraction of sp³-hybridized carbons (Fsp3) is 0.385. The number of hydrogen-bond acceptors (Lipinski definition) is 5. The molecule has 1 unspecified atom stereocenters. The van der Waals surface area contributed by atoms with Crippen molar-refractivity contribution in [1.82, 2.24) is 5.32 Å². The summed E-state index contributed by atoms with van der Waals surface area (Å²) in [5.41, 5.74) is -0.703. The van der Waals surface area contributed by atoms with Gasteiger partial charge in [0.05, 0.1) is 4.92 Å². The average molecular weight is 314 g/mol. The predicted octanol–water partition coefficient (Wildman–Crippen LogP) is 1.48. The van der Waals surface area contributed by atoms with E-state index in [1.165, 1.54) is 0 Å². The molecular weight excluding hydrogens is 299 g/mol. The molecule has 22 heavy (non-hydrogen) atoms. The van der Waals surface area contributed by atoms with Crippen LogP contribution in [0.5, 0.6) is 5.75 Å². The third kappa shape index (κ3) is 5.00. The van der Waals surface area contributed by atoms with Crippen molar-refractivity contribution in [3.05, 3.63) is 34.1 Å². The maximum atomic E-state index is 13.3. The molecular formula is C13H15FN2O6. The molecule has 0 aliphatic heterocycles. The molecule has 0 fully saturated rings. The van der Waals surface area contributed by atoms with Crippen LogP contribution in [0.15, 0.2) is 18.2 Å². The summed E-state index contributed by atoms with van der Waals surface area (Å²) < 4.78 is 18.3. The van der Waals surface area contributed by atoms with Crippen LogP contribution in [0.1, 0.15) is 19.8 Å². The summed E-state index contributed by atoms with van der Waals surface area (Å²) in [5, 5.41) is 21.6. The number of hydrogen-bond donors (Lipinski definition) is 2. The minimum absolute atomic E-state index is 0.0689. The summed E-state index contributed by atoms with van der Waals surface area (Å²) in [6, 6.07) is 1.83. The molecule has 0 heterocycles. The molecule has 0 bridgehead atoms. The van der Waals surface area contributed by atoms with Crippen molar-refractivity contribution in [2.45, 2.75) is 25.8 Å². The summed E-state index contributed by atoms with van der Waals surface area (Å²) in [4.78, 5) is 32.0. The van der Waals surface area contributed by atoms with Gasteiger partial charge in [-0.3, -0.25) is 14.9 Å². The number of benzene rings is 1. The number of carbonyl (C=O) groups is 2. The van der Waals surface area contributed by atoms with Gasteiger partial charge in [-0.2, -0.15) is 4.39 Å². The summed E-state index contributed by atoms with van der Waals surface area (Å²) in [6.07, 6.45) is 0.846. The number of nitro benzene ring substituents is 1. The van der Waals surface area contributed by atoms with Crippen molar-refractivity contribution in [1.29, 1.82) is 0 Å². The SMILES string of the molecule is CCCC(NC(=O)COc1ccc([N+](=O)[O-])c(F)c1)C(=O)O. The van der Waals surface area contributed by atoms with Crippen molar-refractivity contribution < 1.29 is 28.7 Å². The van der Waals surface area contributed by atoms with E-state index in [0.29, 0.717) is 6.42 Å². The van der Waals surface area contributed by atoms with E-state index in [2.05, 4.69) is 5.32 Å². The van der Waals surface area contributed by atoms with Gasteiger partial charge in [0, 0.05) is 12.1 Å². The van der Waals surface area contributed by atoms with Crippen LogP contribution in [0.25, 0.3) is 0 Å². The Bertz CT molecular complexity index is 578. The van der Waals surface area contributed by atoms with E-state index in [0.717, 1.165) is 18.2 Å². The third-order valence-corrected chi connectivity index (χ3v) is 2.70. The van der Waals surface area contributed by atoms with Crippen LogP contribution in [0.3, 0.4) is 0 Å².